The van der Waals surface area contributed by atoms with Gasteiger partial charge in [-0.05, 0) is 48.7 Å². The standard InChI is InChI=1S/C12H23NO2Si2/c1-13(2)10-7-11(16(3,4)14)9-12(8-10)17(5,6)15/h7-9,14-15H,1-6H3. The van der Waals surface area contributed by atoms with Crippen LogP contribution in [0.5, 0.6) is 0 Å². The number of rotatable bonds is 3. The summed E-state index contributed by atoms with van der Waals surface area (Å²) < 4.78 is 0. The second-order valence-corrected chi connectivity index (χ2v) is 13.2. The number of nitrogens with zero attached hydrogens (tertiary/aromatic N) is 1. The maximum atomic E-state index is 10.2. The van der Waals surface area contributed by atoms with Gasteiger partial charge in [-0.2, -0.15) is 0 Å². The minimum absolute atomic E-state index is 0.980. The molecular weight excluding hydrogens is 246 g/mol. The van der Waals surface area contributed by atoms with Crippen molar-refractivity contribution in [2.24, 2.45) is 0 Å². The Labute approximate surface area is 106 Å². The largest absolute Gasteiger partial charge is 0.428 e. The lowest BCUT2D eigenvalue weighted by atomic mass is 10.3. The van der Waals surface area contributed by atoms with Crippen molar-refractivity contribution in [3.05, 3.63) is 18.2 Å². The Bertz CT molecular complexity index is 374. The predicted octanol–water partition coefficient (Wildman–Crippen LogP) is 0.561. The average Bonchev–Trinajstić information content (AvgIpc) is 2.14. The number of hydrogen-bond acceptors (Lipinski definition) is 3. The van der Waals surface area contributed by atoms with E-state index in [0.29, 0.717) is 0 Å². The summed E-state index contributed by atoms with van der Waals surface area (Å²) in [6, 6.07) is 6.02. The summed E-state index contributed by atoms with van der Waals surface area (Å²) in [6.45, 7) is 7.60. The Morgan fingerprint density at radius 2 is 1.18 bits per heavy atom. The number of hydrogen-bond donors (Lipinski definition) is 2. The number of anilines is 1. The van der Waals surface area contributed by atoms with E-state index in [-0.39, 0.29) is 0 Å². The van der Waals surface area contributed by atoms with E-state index in [1.165, 1.54) is 0 Å². The Balaban J connectivity index is 3.40. The second-order valence-electron chi connectivity index (χ2n) is 5.78. The van der Waals surface area contributed by atoms with Crippen molar-refractivity contribution in [3.63, 3.8) is 0 Å². The lowest BCUT2D eigenvalue weighted by Gasteiger charge is -2.24. The highest BCUT2D eigenvalue weighted by Gasteiger charge is 2.26. The van der Waals surface area contributed by atoms with Crippen LogP contribution in [0, 0.1) is 0 Å². The molecule has 3 nitrogen and oxygen atoms in total. The summed E-state index contributed by atoms with van der Waals surface area (Å²) in [5.41, 5.74) is 1.04. The quantitative estimate of drug-likeness (QED) is 0.788. The van der Waals surface area contributed by atoms with E-state index >= 15 is 0 Å². The van der Waals surface area contributed by atoms with Crippen molar-refractivity contribution in [2.45, 2.75) is 26.2 Å². The molecule has 0 atom stereocenters. The van der Waals surface area contributed by atoms with Crippen molar-refractivity contribution in [3.8, 4) is 0 Å². The number of benzene rings is 1. The molecule has 5 heteroatoms. The van der Waals surface area contributed by atoms with Crippen LogP contribution in [0.25, 0.3) is 0 Å². The highest BCUT2D eigenvalue weighted by atomic mass is 28.4. The lowest BCUT2D eigenvalue weighted by molar-refractivity contribution is 0.567. The predicted molar refractivity (Wildman–Crippen MR) is 79.4 cm³/mol. The summed E-state index contributed by atoms with van der Waals surface area (Å²) in [4.78, 5) is 22.5. The summed E-state index contributed by atoms with van der Waals surface area (Å²) in [5, 5.41) is 1.96. The van der Waals surface area contributed by atoms with Gasteiger partial charge >= 0.3 is 0 Å². The zero-order valence-electron chi connectivity index (χ0n) is 11.6. The summed E-state index contributed by atoms with van der Waals surface area (Å²) in [6.07, 6.45) is 0. The Morgan fingerprint density at radius 3 is 1.41 bits per heavy atom. The maximum Gasteiger partial charge on any atom is 0.214 e. The first-order chi connectivity index (χ1) is 7.51. The summed E-state index contributed by atoms with van der Waals surface area (Å²) in [5.74, 6) is 0. The van der Waals surface area contributed by atoms with Crippen molar-refractivity contribution < 1.29 is 9.59 Å². The highest BCUT2D eigenvalue weighted by molar-refractivity contribution is 6.86. The van der Waals surface area contributed by atoms with E-state index in [4.69, 9.17) is 0 Å². The van der Waals surface area contributed by atoms with Gasteiger partial charge in [0.05, 0.1) is 0 Å². The van der Waals surface area contributed by atoms with Gasteiger partial charge in [-0.25, -0.2) is 0 Å². The van der Waals surface area contributed by atoms with E-state index < -0.39 is 16.6 Å². The highest BCUT2D eigenvalue weighted by Crippen LogP contribution is 2.12. The smallest absolute Gasteiger partial charge is 0.214 e. The molecule has 1 aromatic carbocycles. The zero-order chi connectivity index (χ0) is 13.4. The molecular formula is C12H23NO2Si2. The van der Waals surface area contributed by atoms with Gasteiger partial charge in [-0.1, -0.05) is 6.07 Å². The first-order valence-electron chi connectivity index (χ1n) is 5.80. The van der Waals surface area contributed by atoms with E-state index in [1.807, 2.05) is 63.4 Å². The third-order valence-electron chi connectivity index (χ3n) is 2.85. The van der Waals surface area contributed by atoms with Gasteiger partial charge in [-0.15, -0.1) is 0 Å². The normalized spacial score (nSPS) is 12.7. The van der Waals surface area contributed by atoms with Crippen molar-refractivity contribution in [1.29, 1.82) is 0 Å². The van der Waals surface area contributed by atoms with Crippen LogP contribution in [-0.4, -0.2) is 40.3 Å². The van der Waals surface area contributed by atoms with Gasteiger partial charge in [0.1, 0.15) is 0 Å². The molecule has 0 heterocycles. The van der Waals surface area contributed by atoms with Crippen LogP contribution in [-0.2, 0) is 0 Å². The van der Waals surface area contributed by atoms with Gasteiger partial charge in [0, 0.05) is 19.8 Å². The van der Waals surface area contributed by atoms with Crippen LogP contribution >= 0.6 is 0 Å². The van der Waals surface area contributed by atoms with E-state index in [2.05, 4.69) is 0 Å². The third kappa shape index (κ3) is 3.67. The monoisotopic (exact) mass is 269 g/mol. The van der Waals surface area contributed by atoms with Crippen LogP contribution in [0.1, 0.15) is 0 Å². The fourth-order valence-electron chi connectivity index (χ4n) is 1.58. The van der Waals surface area contributed by atoms with Gasteiger partial charge in [0.2, 0.25) is 16.6 Å². The van der Waals surface area contributed by atoms with Crippen LogP contribution in [0.2, 0.25) is 26.2 Å². The van der Waals surface area contributed by atoms with Crippen molar-refractivity contribution >= 4 is 32.7 Å². The van der Waals surface area contributed by atoms with Crippen molar-refractivity contribution in [1.82, 2.24) is 0 Å². The fourth-order valence-corrected chi connectivity index (χ4v) is 3.74. The van der Waals surface area contributed by atoms with E-state index in [1.54, 1.807) is 0 Å². The minimum Gasteiger partial charge on any atom is -0.428 e. The molecule has 0 aliphatic rings. The molecule has 2 N–H and O–H groups in total. The minimum atomic E-state index is -2.34. The lowest BCUT2D eigenvalue weighted by Crippen LogP contribution is -2.48. The Hall–Kier alpha value is -0.626. The molecule has 0 bridgehead atoms. The van der Waals surface area contributed by atoms with Crippen LogP contribution < -0.4 is 15.3 Å². The third-order valence-corrected chi connectivity index (χ3v) is 6.25. The van der Waals surface area contributed by atoms with E-state index in [0.717, 1.165) is 16.1 Å². The molecule has 0 fully saturated rings. The first kappa shape index (κ1) is 14.4. The Kier molecular flexibility index (Phi) is 3.88. The maximum absolute atomic E-state index is 10.2. The van der Waals surface area contributed by atoms with Gasteiger partial charge in [0.25, 0.3) is 0 Å². The van der Waals surface area contributed by atoms with Crippen LogP contribution in [0.15, 0.2) is 18.2 Å². The van der Waals surface area contributed by atoms with Gasteiger partial charge in [0.15, 0.2) is 0 Å². The molecule has 0 aliphatic heterocycles. The molecule has 0 aliphatic carbocycles. The molecule has 0 unspecified atom stereocenters. The molecule has 0 saturated heterocycles. The molecule has 1 rings (SSSR count). The van der Waals surface area contributed by atoms with Crippen LogP contribution in [0.4, 0.5) is 5.69 Å². The van der Waals surface area contributed by atoms with E-state index in [9.17, 15) is 9.59 Å². The zero-order valence-corrected chi connectivity index (χ0v) is 13.6. The van der Waals surface area contributed by atoms with Crippen LogP contribution in [0.3, 0.4) is 0 Å². The second kappa shape index (κ2) is 4.57. The molecule has 0 saturated carbocycles. The Morgan fingerprint density at radius 1 is 0.824 bits per heavy atom. The fraction of sp³-hybridized carbons (Fsp3) is 0.500. The first-order valence-corrected chi connectivity index (χ1v) is 11.7. The molecule has 0 amide bonds. The molecule has 17 heavy (non-hydrogen) atoms. The van der Waals surface area contributed by atoms with Crippen molar-refractivity contribution in [2.75, 3.05) is 19.0 Å². The average molecular weight is 269 g/mol. The van der Waals surface area contributed by atoms with Gasteiger partial charge in [-0.3, -0.25) is 0 Å². The SMILES string of the molecule is CN(C)c1cc([Si](C)(C)O)cc([Si](C)(C)O)c1. The molecule has 1 aromatic rings. The molecule has 96 valence electrons. The van der Waals surface area contributed by atoms with Gasteiger partial charge < -0.3 is 14.5 Å². The summed E-state index contributed by atoms with van der Waals surface area (Å²) in [7, 11) is -0.727. The summed E-state index contributed by atoms with van der Waals surface area (Å²) >= 11 is 0. The molecule has 0 aromatic heterocycles. The molecule has 0 radical (unpaired) electrons. The topological polar surface area (TPSA) is 43.7 Å². The molecule has 0 spiro atoms.